The van der Waals surface area contributed by atoms with E-state index in [0.717, 1.165) is 37.1 Å². The SMILES string of the molecule is CCCNc1ccc2c(c1)CCC2C(=O)OCC. The molecule has 0 bridgehead atoms. The predicted octanol–water partition coefficient (Wildman–Crippen LogP) is 3.10. The van der Waals surface area contributed by atoms with Crippen molar-refractivity contribution in [2.45, 2.75) is 39.0 Å². The van der Waals surface area contributed by atoms with E-state index in [1.807, 2.05) is 6.92 Å². The minimum absolute atomic E-state index is 0.0554. The zero-order chi connectivity index (χ0) is 13.0. The number of nitrogens with one attached hydrogen (secondary N) is 1. The van der Waals surface area contributed by atoms with Crippen LogP contribution >= 0.6 is 0 Å². The number of aryl methyl sites for hydroxylation is 1. The normalized spacial score (nSPS) is 17.3. The third-order valence-corrected chi connectivity index (χ3v) is 3.37. The van der Waals surface area contributed by atoms with Crippen molar-refractivity contribution in [1.82, 2.24) is 0 Å². The second-order valence-electron chi connectivity index (χ2n) is 4.68. The number of carbonyl (C=O) groups excluding carboxylic acids is 1. The average molecular weight is 247 g/mol. The van der Waals surface area contributed by atoms with Gasteiger partial charge in [-0.25, -0.2) is 0 Å². The Balaban J connectivity index is 2.12. The molecule has 18 heavy (non-hydrogen) atoms. The van der Waals surface area contributed by atoms with E-state index in [-0.39, 0.29) is 11.9 Å². The van der Waals surface area contributed by atoms with Crippen LogP contribution in [0.5, 0.6) is 0 Å². The van der Waals surface area contributed by atoms with Crippen molar-refractivity contribution < 1.29 is 9.53 Å². The van der Waals surface area contributed by atoms with Crippen LogP contribution < -0.4 is 5.32 Å². The van der Waals surface area contributed by atoms with Crippen molar-refractivity contribution in [3.63, 3.8) is 0 Å². The summed E-state index contributed by atoms with van der Waals surface area (Å²) in [6.45, 7) is 5.45. The number of hydrogen-bond acceptors (Lipinski definition) is 3. The lowest BCUT2D eigenvalue weighted by Crippen LogP contribution is -2.13. The lowest BCUT2D eigenvalue weighted by Gasteiger charge is -2.11. The van der Waals surface area contributed by atoms with Crippen LogP contribution in [0.3, 0.4) is 0 Å². The maximum absolute atomic E-state index is 11.8. The highest BCUT2D eigenvalue weighted by atomic mass is 16.5. The van der Waals surface area contributed by atoms with Crippen LogP contribution in [0.1, 0.15) is 43.7 Å². The number of esters is 1. The lowest BCUT2D eigenvalue weighted by molar-refractivity contribution is -0.144. The maximum atomic E-state index is 11.8. The Morgan fingerprint density at radius 1 is 1.44 bits per heavy atom. The van der Waals surface area contributed by atoms with E-state index in [9.17, 15) is 4.79 Å². The van der Waals surface area contributed by atoms with Crippen LogP contribution in [0.15, 0.2) is 18.2 Å². The molecule has 3 heteroatoms. The smallest absolute Gasteiger partial charge is 0.313 e. The fourth-order valence-corrected chi connectivity index (χ4v) is 2.48. The first-order chi connectivity index (χ1) is 8.76. The molecule has 2 rings (SSSR count). The van der Waals surface area contributed by atoms with Crippen LogP contribution in [0.25, 0.3) is 0 Å². The zero-order valence-corrected chi connectivity index (χ0v) is 11.2. The molecule has 0 fully saturated rings. The molecule has 1 aromatic carbocycles. The Morgan fingerprint density at radius 2 is 2.28 bits per heavy atom. The van der Waals surface area contributed by atoms with Crippen molar-refractivity contribution in [2.75, 3.05) is 18.5 Å². The largest absolute Gasteiger partial charge is 0.466 e. The van der Waals surface area contributed by atoms with E-state index >= 15 is 0 Å². The van der Waals surface area contributed by atoms with Gasteiger partial charge in [-0.15, -0.1) is 0 Å². The van der Waals surface area contributed by atoms with Gasteiger partial charge in [-0.3, -0.25) is 4.79 Å². The molecule has 1 aliphatic rings. The molecule has 0 aliphatic heterocycles. The highest BCUT2D eigenvalue weighted by Crippen LogP contribution is 2.35. The van der Waals surface area contributed by atoms with Gasteiger partial charge in [-0.2, -0.15) is 0 Å². The van der Waals surface area contributed by atoms with Gasteiger partial charge in [0.1, 0.15) is 0 Å². The lowest BCUT2D eigenvalue weighted by atomic mass is 10.0. The second-order valence-corrected chi connectivity index (χ2v) is 4.68. The van der Waals surface area contributed by atoms with E-state index in [1.165, 1.54) is 5.56 Å². The summed E-state index contributed by atoms with van der Waals surface area (Å²) in [4.78, 5) is 11.8. The van der Waals surface area contributed by atoms with E-state index in [4.69, 9.17) is 4.74 Å². The summed E-state index contributed by atoms with van der Waals surface area (Å²) in [5.74, 6) is -0.134. The van der Waals surface area contributed by atoms with Gasteiger partial charge in [0.05, 0.1) is 12.5 Å². The Morgan fingerprint density at radius 3 is 3.00 bits per heavy atom. The molecule has 0 saturated carbocycles. The standard InChI is InChI=1S/C15H21NO2/c1-3-9-16-12-6-8-13-11(10-12)5-7-14(13)15(17)18-4-2/h6,8,10,14,16H,3-5,7,9H2,1-2H3. The highest BCUT2D eigenvalue weighted by Gasteiger charge is 2.29. The predicted molar refractivity (Wildman–Crippen MR) is 72.9 cm³/mol. The molecular weight excluding hydrogens is 226 g/mol. The van der Waals surface area contributed by atoms with Gasteiger partial charge < -0.3 is 10.1 Å². The van der Waals surface area contributed by atoms with Gasteiger partial charge in [0.15, 0.2) is 0 Å². The summed E-state index contributed by atoms with van der Waals surface area (Å²) in [5.41, 5.74) is 3.59. The van der Waals surface area contributed by atoms with Gasteiger partial charge in [-0.05, 0) is 49.4 Å². The van der Waals surface area contributed by atoms with Gasteiger partial charge >= 0.3 is 5.97 Å². The van der Waals surface area contributed by atoms with Crippen LogP contribution in [-0.4, -0.2) is 19.1 Å². The highest BCUT2D eigenvalue weighted by molar-refractivity contribution is 5.80. The summed E-state index contributed by atoms with van der Waals surface area (Å²) in [6.07, 6.45) is 2.97. The van der Waals surface area contributed by atoms with Gasteiger partial charge in [0, 0.05) is 12.2 Å². The fraction of sp³-hybridized carbons (Fsp3) is 0.533. The van der Waals surface area contributed by atoms with E-state index in [0.29, 0.717) is 6.61 Å². The summed E-state index contributed by atoms with van der Waals surface area (Å²) in [5, 5.41) is 3.38. The monoisotopic (exact) mass is 247 g/mol. The molecule has 0 saturated heterocycles. The minimum Gasteiger partial charge on any atom is -0.466 e. The van der Waals surface area contributed by atoms with E-state index in [2.05, 4.69) is 30.4 Å². The van der Waals surface area contributed by atoms with Gasteiger partial charge in [0.2, 0.25) is 0 Å². The fourth-order valence-electron chi connectivity index (χ4n) is 2.48. The molecule has 0 aromatic heterocycles. The van der Waals surface area contributed by atoms with Crippen LogP contribution in [0.4, 0.5) is 5.69 Å². The maximum Gasteiger partial charge on any atom is 0.313 e. The van der Waals surface area contributed by atoms with Crippen LogP contribution in [0.2, 0.25) is 0 Å². The summed E-state index contributed by atoms with van der Waals surface area (Å²) in [6, 6.07) is 6.30. The Kier molecular flexibility index (Phi) is 4.24. The molecule has 1 atom stereocenters. The number of ether oxygens (including phenoxy) is 1. The minimum atomic E-state index is -0.0782. The first-order valence-corrected chi connectivity index (χ1v) is 6.79. The number of rotatable bonds is 5. The molecule has 1 aromatic rings. The number of carbonyl (C=O) groups is 1. The van der Waals surface area contributed by atoms with Crippen molar-refractivity contribution in [2.24, 2.45) is 0 Å². The molecule has 1 unspecified atom stereocenters. The molecule has 1 N–H and O–H groups in total. The molecule has 98 valence electrons. The molecule has 1 aliphatic carbocycles. The molecule has 3 nitrogen and oxygen atoms in total. The average Bonchev–Trinajstić information content (AvgIpc) is 2.79. The molecular formula is C15H21NO2. The molecule has 0 amide bonds. The van der Waals surface area contributed by atoms with Crippen LogP contribution in [0, 0.1) is 0 Å². The Labute approximate surface area is 109 Å². The second kappa shape index (κ2) is 5.89. The zero-order valence-electron chi connectivity index (χ0n) is 11.2. The first kappa shape index (κ1) is 12.9. The Hall–Kier alpha value is -1.51. The van der Waals surface area contributed by atoms with Gasteiger partial charge in [0.25, 0.3) is 0 Å². The first-order valence-electron chi connectivity index (χ1n) is 6.79. The number of anilines is 1. The van der Waals surface area contributed by atoms with Crippen molar-refractivity contribution in [3.8, 4) is 0 Å². The summed E-state index contributed by atoms with van der Waals surface area (Å²) < 4.78 is 5.12. The molecule has 0 heterocycles. The number of benzene rings is 1. The van der Waals surface area contributed by atoms with Crippen LogP contribution in [-0.2, 0) is 16.0 Å². The quantitative estimate of drug-likeness (QED) is 0.812. The Bertz CT molecular complexity index is 429. The van der Waals surface area contributed by atoms with Gasteiger partial charge in [-0.1, -0.05) is 13.0 Å². The topological polar surface area (TPSA) is 38.3 Å². The van der Waals surface area contributed by atoms with Crippen molar-refractivity contribution >= 4 is 11.7 Å². The third-order valence-electron chi connectivity index (χ3n) is 3.37. The van der Waals surface area contributed by atoms with E-state index < -0.39 is 0 Å². The molecule has 0 spiro atoms. The van der Waals surface area contributed by atoms with E-state index in [1.54, 1.807) is 0 Å². The summed E-state index contributed by atoms with van der Waals surface area (Å²) >= 11 is 0. The van der Waals surface area contributed by atoms with Crippen molar-refractivity contribution in [3.05, 3.63) is 29.3 Å². The number of hydrogen-bond donors (Lipinski definition) is 1. The van der Waals surface area contributed by atoms with Crippen molar-refractivity contribution in [1.29, 1.82) is 0 Å². The molecule has 0 radical (unpaired) electrons. The third kappa shape index (κ3) is 2.66. The number of fused-ring (bicyclic) bond motifs is 1. The summed E-state index contributed by atoms with van der Waals surface area (Å²) in [7, 11) is 0.